The number of hydrogen-bond acceptors (Lipinski definition) is 5. The number of aryl methyl sites for hydroxylation is 1. The van der Waals surface area contributed by atoms with Gasteiger partial charge in [-0.2, -0.15) is 0 Å². The van der Waals surface area contributed by atoms with E-state index >= 15 is 0 Å². The van der Waals surface area contributed by atoms with Gasteiger partial charge in [0.25, 0.3) is 15.9 Å². The highest BCUT2D eigenvalue weighted by atomic mass is 32.2. The van der Waals surface area contributed by atoms with Crippen LogP contribution in [0.4, 0.5) is 0 Å². The zero-order valence-electron chi connectivity index (χ0n) is 19.9. The van der Waals surface area contributed by atoms with E-state index in [1.54, 1.807) is 19.1 Å². The van der Waals surface area contributed by atoms with Crippen LogP contribution < -0.4 is 5.32 Å². The van der Waals surface area contributed by atoms with Crippen molar-refractivity contribution in [3.8, 4) is 0 Å². The van der Waals surface area contributed by atoms with E-state index in [2.05, 4.69) is 5.32 Å². The van der Waals surface area contributed by atoms with Gasteiger partial charge in [-0.1, -0.05) is 48.9 Å². The second-order valence-electron chi connectivity index (χ2n) is 8.63. The Kier molecular flexibility index (Phi) is 7.76. The van der Waals surface area contributed by atoms with Crippen molar-refractivity contribution in [3.63, 3.8) is 0 Å². The van der Waals surface area contributed by atoms with Crippen LogP contribution in [-0.4, -0.2) is 54.0 Å². The summed E-state index contributed by atoms with van der Waals surface area (Å²) in [5.74, 6) is -1.34. The van der Waals surface area contributed by atoms with Gasteiger partial charge < -0.3 is 10.2 Å². The summed E-state index contributed by atoms with van der Waals surface area (Å²) in [6, 6.07) is 12.8. The Morgan fingerprint density at radius 1 is 1.06 bits per heavy atom. The monoisotopic (exact) mass is 485 g/mol. The second kappa shape index (κ2) is 10.4. The van der Waals surface area contributed by atoms with Crippen molar-refractivity contribution in [1.82, 2.24) is 14.5 Å². The lowest BCUT2D eigenvalue weighted by atomic mass is 10.1. The summed E-state index contributed by atoms with van der Waals surface area (Å²) in [7, 11) is -4.00. The van der Waals surface area contributed by atoms with E-state index in [1.807, 2.05) is 45.0 Å². The number of amides is 3. The summed E-state index contributed by atoms with van der Waals surface area (Å²) >= 11 is 0. The minimum atomic E-state index is -4.00. The van der Waals surface area contributed by atoms with Gasteiger partial charge in [-0.25, -0.2) is 12.7 Å². The van der Waals surface area contributed by atoms with Crippen LogP contribution in [0.15, 0.2) is 53.4 Å². The number of fused-ring (bicyclic) bond motifs is 1. The van der Waals surface area contributed by atoms with Gasteiger partial charge in [0.1, 0.15) is 10.9 Å². The fourth-order valence-corrected chi connectivity index (χ4v) is 5.30. The number of sulfonamides is 1. The maximum atomic E-state index is 13.3. The molecule has 8 nitrogen and oxygen atoms in total. The smallest absolute Gasteiger partial charge is 0.269 e. The molecule has 34 heavy (non-hydrogen) atoms. The van der Waals surface area contributed by atoms with Gasteiger partial charge in [0, 0.05) is 25.6 Å². The molecule has 0 aromatic heterocycles. The number of carbonyl (C=O) groups is 3. The van der Waals surface area contributed by atoms with Crippen LogP contribution in [0.3, 0.4) is 0 Å². The molecule has 1 aliphatic heterocycles. The summed E-state index contributed by atoms with van der Waals surface area (Å²) in [6.45, 7) is 7.35. The van der Waals surface area contributed by atoms with Crippen LogP contribution in [0, 0.1) is 6.92 Å². The lowest BCUT2D eigenvalue weighted by Crippen LogP contribution is -2.50. The fraction of sp³-hybridized carbons (Fsp3) is 0.400. The molecule has 0 aliphatic carbocycles. The molecule has 0 spiro atoms. The molecule has 3 amide bonds. The van der Waals surface area contributed by atoms with Gasteiger partial charge in [0.15, 0.2) is 0 Å². The van der Waals surface area contributed by atoms with E-state index in [1.165, 1.54) is 17.0 Å². The summed E-state index contributed by atoms with van der Waals surface area (Å²) in [5, 5.41) is 2.90. The number of hydrogen-bond donors (Lipinski definition) is 1. The molecular weight excluding hydrogens is 454 g/mol. The van der Waals surface area contributed by atoms with Crippen LogP contribution in [0.1, 0.15) is 55.1 Å². The van der Waals surface area contributed by atoms with E-state index in [9.17, 15) is 22.8 Å². The molecule has 2 aromatic rings. The molecule has 0 bridgehead atoms. The van der Waals surface area contributed by atoms with Gasteiger partial charge in [0.05, 0.1) is 5.56 Å². The standard InChI is InChI=1S/C25H31N3O5S/c1-5-18(3)26-24(30)19(4)27(16-20-12-10-17(2)11-13-20)23(29)14-15-28-25(31)21-8-6-7-9-22(21)34(28,32)33/h6-13,18-19H,5,14-16H2,1-4H3,(H,26,30)/t18-,19-/m1/s1. The summed E-state index contributed by atoms with van der Waals surface area (Å²) in [6.07, 6.45) is 0.519. The summed E-state index contributed by atoms with van der Waals surface area (Å²) < 4.78 is 26.4. The van der Waals surface area contributed by atoms with Crippen molar-refractivity contribution in [1.29, 1.82) is 0 Å². The Morgan fingerprint density at radius 2 is 1.71 bits per heavy atom. The molecule has 9 heteroatoms. The summed E-state index contributed by atoms with van der Waals surface area (Å²) in [5.41, 5.74) is 2.02. The second-order valence-corrected chi connectivity index (χ2v) is 10.5. The van der Waals surface area contributed by atoms with Gasteiger partial charge >= 0.3 is 0 Å². The number of nitrogens with zero attached hydrogens (tertiary/aromatic N) is 2. The molecule has 182 valence electrons. The van der Waals surface area contributed by atoms with E-state index < -0.39 is 27.9 Å². The maximum absolute atomic E-state index is 13.3. The normalized spacial score (nSPS) is 16.0. The Hall–Kier alpha value is -3.20. The number of rotatable bonds is 9. The third kappa shape index (κ3) is 5.30. The molecule has 0 unspecified atom stereocenters. The molecule has 0 fully saturated rings. The summed E-state index contributed by atoms with van der Waals surface area (Å²) in [4.78, 5) is 40.1. The van der Waals surface area contributed by atoms with Crippen molar-refractivity contribution < 1.29 is 22.8 Å². The minimum absolute atomic E-state index is 0.0443. The number of benzene rings is 2. The van der Waals surface area contributed by atoms with Crippen molar-refractivity contribution in [3.05, 3.63) is 65.2 Å². The van der Waals surface area contributed by atoms with E-state index in [0.717, 1.165) is 21.9 Å². The zero-order chi connectivity index (χ0) is 25.0. The fourth-order valence-electron chi connectivity index (χ4n) is 3.73. The van der Waals surface area contributed by atoms with Gasteiger partial charge in [-0.3, -0.25) is 14.4 Å². The third-order valence-corrected chi connectivity index (χ3v) is 7.92. The van der Waals surface area contributed by atoms with E-state index in [0.29, 0.717) is 0 Å². The number of carbonyl (C=O) groups excluding carboxylic acids is 3. The first-order valence-corrected chi connectivity index (χ1v) is 12.8. The topological polar surface area (TPSA) is 104 Å². The molecule has 1 N–H and O–H groups in total. The molecule has 1 heterocycles. The molecule has 2 aromatic carbocycles. The molecule has 0 saturated heterocycles. The average Bonchev–Trinajstić information content (AvgIpc) is 3.01. The predicted octanol–water partition coefficient (Wildman–Crippen LogP) is 2.86. The number of nitrogens with one attached hydrogen (secondary N) is 1. The third-order valence-electron chi connectivity index (χ3n) is 6.08. The first-order valence-electron chi connectivity index (χ1n) is 11.4. The maximum Gasteiger partial charge on any atom is 0.269 e. The van der Waals surface area contributed by atoms with Crippen molar-refractivity contribution in [2.75, 3.05) is 6.54 Å². The van der Waals surface area contributed by atoms with E-state index in [-0.39, 0.29) is 41.9 Å². The molecule has 2 atom stereocenters. The predicted molar refractivity (Wildman–Crippen MR) is 128 cm³/mol. The van der Waals surface area contributed by atoms with Crippen molar-refractivity contribution in [2.24, 2.45) is 0 Å². The Labute approximate surface area is 201 Å². The first-order chi connectivity index (χ1) is 16.1. The first kappa shape index (κ1) is 25.4. The SMILES string of the molecule is CC[C@@H](C)NC(=O)[C@@H](C)N(Cc1ccc(C)cc1)C(=O)CCN1C(=O)c2ccccc2S1(=O)=O. The van der Waals surface area contributed by atoms with Gasteiger partial charge in [0.2, 0.25) is 11.8 Å². The van der Waals surface area contributed by atoms with Crippen LogP contribution >= 0.6 is 0 Å². The molecule has 3 rings (SSSR count). The van der Waals surface area contributed by atoms with Gasteiger partial charge in [-0.05, 0) is 44.9 Å². The van der Waals surface area contributed by atoms with Crippen LogP contribution in [0.2, 0.25) is 0 Å². The highest BCUT2D eigenvalue weighted by Gasteiger charge is 2.41. The Morgan fingerprint density at radius 3 is 2.32 bits per heavy atom. The van der Waals surface area contributed by atoms with Crippen LogP contribution in [-0.2, 0) is 26.2 Å². The molecule has 1 aliphatic rings. The largest absolute Gasteiger partial charge is 0.352 e. The molecule has 0 radical (unpaired) electrons. The van der Waals surface area contributed by atoms with E-state index in [4.69, 9.17) is 0 Å². The highest BCUT2D eigenvalue weighted by molar-refractivity contribution is 7.90. The van der Waals surface area contributed by atoms with Crippen molar-refractivity contribution in [2.45, 2.75) is 64.1 Å². The lowest BCUT2D eigenvalue weighted by molar-refractivity contribution is -0.140. The Bertz CT molecular complexity index is 1180. The van der Waals surface area contributed by atoms with Crippen molar-refractivity contribution >= 4 is 27.7 Å². The average molecular weight is 486 g/mol. The minimum Gasteiger partial charge on any atom is -0.352 e. The Balaban J connectivity index is 1.79. The van der Waals surface area contributed by atoms with Crippen LogP contribution in [0.5, 0.6) is 0 Å². The lowest BCUT2D eigenvalue weighted by Gasteiger charge is -2.30. The molecule has 0 saturated carbocycles. The zero-order valence-corrected chi connectivity index (χ0v) is 20.8. The van der Waals surface area contributed by atoms with Crippen LogP contribution in [0.25, 0.3) is 0 Å². The van der Waals surface area contributed by atoms with Gasteiger partial charge in [-0.15, -0.1) is 0 Å². The highest BCUT2D eigenvalue weighted by Crippen LogP contribution is 2.30. The molecular formula is C25H31N3O5S. The quantitative estimate of drug-likeness (QED) is 0.588.